The lowest BCUT2D eigenvalue weighted by atomic mass is 9.98. The molecule has 2 N–H and O–H groups in total. The Labute approximate surface area is 315 Å². The minimum atomic E-state index is -0.824. The highest BCUT2D eigenvalue weighted by Crippen LogP contribution is 2.44. The zero-order chi connectivity index (χ0) is 38.2. The molecule has 0 saturated carbocycles. The van der Waals surface area contributed by atoms with Gasteiger partial charge in [0.25, 0.3) is 5.56 Å². The van der Waals surface area contributed by atoms with E-state index in [2.05, 4.69) is 67.3 Å². The van der Waals surface area contributed by atoms with Crippen molar-refractivity contribution < 1.29 is 28.9 Å². The maximum atomic E-state index is 13.3. The van der Waals surface area contributed by atoms with Crippen LogP contribution in [0.5, 0.6) is 0 Å². The second-order valence-corrected chi connectivity index (χ2v) is 14.2. The van der Waals surface area contributed by atoms with Crippen LogP contribution in [0.3, 0.4) is 0 Å². The van der Waals surface area contributed by atoms with Crippen LogP contribution >= 0.6 is 0 Å². The smallest absolute Gasteiger partial charge is 0.407 e. The third-order valence-corrected chi connectivity index (χ3v) is 9.98. The van der Waals surface area contributed by atoms with Gasteiger partial charge < -0.3 is 24.6 Å². The number of amides is 1. The molecule has 12 heteroatoms. The molecule has 1 fully saturated rings. The van der Waals surface area contributed by atoms with Crippen LogP contribution in [0.15, 0.2) is 101 Å². The standard InChI is InChI=1S/C42H49N5O7/c1-27(2)11-9-12-28(3)13-10-14-29(4)19-20-46-25-45-40-39(41(46)50)44-26-47(40)37-21-35(36(23-48)53-37)54-38(49)22-43-42(51)52-24-34-32-17-7-5-15-30(32)31-16-6-8-18-33(31)34/h5-8,11,13,15-19,25-26,34-37,48H,9-10,12,14,20-24H2,1-4H3,(H,43,51)/b28-13+,29-19+/t35-,36+,37+/m0/s1. The lowest BCUT2D eigenvalue weighted by Gasteiger charge is -2.17. The number of imidazole rings is 1. The van der Waals surface area contributed by atoms with Crippen LogP contribution in [-0.2, 0) is 25.5 Å². The molecule has 2 aromatic heterocycles. The van der Waals surface area contributed by atoms with E-state index in [1.54, 1.807) is 4.57 Å². The monoisotopic (exact) mass is 735 g/mol. The molecule has 54 heavy (non-hydrogen) atoms. The lowest BCUT2D eigenvalue weighted by molar-refractivity contribution is -0.151. The number of alkyl carbamates (subject to hydrolysis) is 1. The number of rotatable bonds is 15. The van der Waals surface area contributed by atoms with Crippen LogP contribution in [0.4, 0.5) is 4.79 Å². The summed E-state index contributed by atoms with van der Waals surface area (Å²) in [6.07, 6.45) is 10.6. The zero-order valence-electron chi connectivity index (χ0n) is 31.4. The molecule has 1 aliphatic heterocycles. The molecule has 3 atom stereocenters. The Hall–Kier alpha value is -5.33. The van der Waals surface area contributed by atoms with Gasteiger partial charge in [-0.1, -0.05) is 83.5 Å². The number of ether oxygens (including phenoxy) is 3. The molecule has 284 valence electrons. The van der Waals surface area contributed by atoms with E-state index >= 15 is 0 Å². The van der Waals surface area contributed by atoms with Gasteiger partial charge in [-0.2, -0.15) is 0 Å². The second kappa shape index (κ2) is 17.7. The number of hydrogen-bond donors (Lipinski definition) is 2. The van der Waals surface area contributed by atoms with Gasteiger partial charge in [-0.15, -0.1) is 0 Å². The Morgan fingerprint density at radius 3 is 2.28 bits per heavy atom. The Morgan fingerprint density at radius 1 is 0.926 bits per heavy atom. The van der Waals surface area contributed by atoms with Crippen LogP contribution in [-0.4, -0.2) is 68.2 Å². The normalized spacial score (nSPS) is 18.4. The van der Waals surface area contributed by atoms with Crippen molar-refractivity contribution in [1.29, 1.82) is 0 Å². The van der Waals surface area contributed by atoms with Gasteiger partial charge in [-0.25, -0.2) is 14.8 Å². The van der Waals surface area contributed by atoms with Crippen molar-refractivity contribution in [2.45, 2.75) is 90.7 Å². The largest absolute Gasteiger partial charge is 0.458 e. The maximum Gasteiger partial charge on any atom is 0.407 e. The third-order valence-electron chi connectivity index (χ3n) is 9.98. The summed E-state index contributed by atoms with van der Waals surface area (Å²) in [5, 5.41) is 12.5. The van der Waals surface area contributed by atoms with Gasteiger partial charge in [0.1, 0.15) is 37.9 Å². The number of esters is 1. The van der Waals surface area contributed by atoms with E-state index < -0.39 is 43.7 Å². The Kier molecular flexibility index (Phi) is 12.6. The Balaban J connectivity index is 0.989. The number of benzene rings is 2. The minimum absolute atomic E-state index is 0.111. The van der Waals surface area contributed by atoms with E-state index in [0.717, 1.165) is 47.9 Å². The first-order chi connectivity index (χ1) is 26.1. The van der Waals surface area contributed by atoms with Crippen molar-refractivity contribution in [2.75, 3.05) is 19.8 Å². The SMILES string of the molecule is CC(C)=CCC/C(C)=C/CC/C(C)=C/Cn1cnc2c(ncn2[C@H]2C[C@H](OC(=O)CNC(=O)OCC3c4ccccc4-c4ccccc43)[C@@H](CO)O2)c1=O. The number of carbonyl (C=O) groups excluding carboxylic acids is 2. The number of aromatic nitrogens is 4. The number of aliphatic hydroxyl groups excluding tert-OH is 1. The van der Waals surface area contributed by atoms with E-state index in [4.69, 9.17) is 14.2 Å². The number of nitrogens with zero attached hydrogens (tertiary/aromatic N) is 4. The first kappa shape index (κ1) is 38.4. The molecule has 1 aliphatic carbocycles. The summed E-state index contributed by atoms with van der Waals surface area (Å²) in [5.74, 6) is -0.817. The first-order valence-electron chi connectivity index (χ1n) is 18.5. The van der Waals surface area contributed by atoms with Crippen LogP contribution in [0.1, 0.15) is 83.1 Å². The summed E-state index contributed by atoms with van der Waals surface area (Å²) in [7, 11) is 0. The van der Waals surface area contributed by atoms with Gasteiger partial charge in [0, 0.05) is 18.9 Å². The molecule has 6 rings (SSSR count). The fraction of sp³-hybridized carbons (Fsp3) is 0.405. The van der Waals surface area contributed by atoms with Crippen LogP contribution in [0, 0.1) is 0 Å². The molecular formula is C42H49N5O7. The maximum absolute atomic E-state index is 13.3. The average molecular weight is 736 g/mol. The quantitative estimate of drug-likeness (QED) is 0.100. The molecule has 0 spiro atoms. The van der Waals surface area contributed by atoms with E-state index in [0.29, 0.717) is 12.2 Å². The molecule has 2 aromatic carbocycles. The molecule has 2 aliphatic rings. The topological polar surface area (TPSA) is 147 Å². The molecule has 1 amide bonds. The van der Waals surface area contributed by atoms with E-state index in [1.165, 1.54) is 33.9 Å². The summed E-state index contributed by atoms with van der Waals surface area (Å²) < 4.78 is 20.3. The molecule has 0 radical (unpaired) electrons. The number of hydrogen-bond acceptors (Lipinski definition) is 9. The van der Waals surface area contributed by atoms with Gasteiger partial charge in [0.05, 0.1) is 12.9 Å². The molecule has 3 heterocycles. The summed E-state index contributed by atoms with van der Waals surface area (Å²) in [6.45, 7) is 8.12. The van der Waals surface area contributed by atoms with Crippen molar-refractivity contribution in [3.05, 3.63) is 118 Å². The highest BCUT2D eigenvalue weighted by molar-refractivity contribution is 5.80. The fourth-order valence-electron chi connectivity index (χ4n) is 7.04. The van der Waals surface area contributed by atoms with E-state index in [1.807, 2.05) is 42.5 Å². The number of allylic oxidation sites excluding steroid dienone is 6. The number of carbonyl (C=O) groups is 2. The highest BCUT2D eigenvalue weighted by Gasteiger charge is 2.39. The summed E-state index contributed by atoms with van der Waals surface area (Å²) in [5.41, 5.74) is 8.55. The lowest BCUT2D eigenvalue weighted by Crippen LogP contribution is -2.36. The zero-order valence-corrected chi connectivity index (χ0v) is 31.4. The van der Waals surface area contributed by atoms with Crippen molar-refractivity contribution in [3.8, 4) is 11.1 Å². The van der Waals surface area contributed by atoms with Gasteiger partial charge >= 0.3 is 12.1 Å². The molecule has 1 saturated heterocycles. The summed E-state index contributed by atoms with van der Waals surface area (Å²) in [6, 6.07) is 16.1. The molecule has 4 aromatic rings. The van der Waals surface area contributed by atoms with Crippen molar-refractivity contribution in [3.63, 3.8) is 0 Å². The van der Waals surface area contributed by atoms with Crippen molar-refractivity contribution >= 4 is 23.2 Å². The minimum Gasteiger partial charge on any atom is -0.458 e. The number of nitrogens with one attached hydrogen (secondary N) is 1. The molecular weight excluding hydrogens is 686 g/mol. The van der Waals surface area contributed by atoms with Crippen LogP contribution in [0.25, 0.3) is 22.3 Å². The van der Waals surface area contributed by atoms with E-state index in [-0.39, 0.29) is 30.0 Å². The fourth-order valence-corrected chi connectivity index (χ4v) is 7.04. The summed E-state index contributed by atoms with van der Waals surface area (Å²) >= 11 is 0. The highest BCUT2D eigenvalue weighted by atomic mass is 16.6. The Morgan fingerprint density at radius 2 is 1.59 bits per heavy atom. The molecule has 0 bridgehead atoms. The second-order valence-electron chi connectivity index (χ2n) is 14.2. The number of fused-ring (bicyclic) bond motifs is 4. The summed E-state index contributed by atoms with van der Waals surface area (Å²) in [4.78, 5) is 47.5. The predicted octanol–water partition coefficient (Wildman–Crippen LogP) is 6.74. The van der Waals surface area contributed by atoms with E-state index in [9.17, 15) is 19.5 Å². The molecule has 12 nitrogen and oxygen atoms in total. The number of aliphatic hydroxyl groups is 1. The van der Waals surface area contributed by atoms with Crippen molar-refractivity contribution in [2.24, 2.45) is 0 Å². The molecule has 0 unspecified atom stereocenters. The third kappa shape index (κ3) is 9.06. The first-order valence-corrected chi connectivity index (χ1v) is 18.5. The van der Waals surface area contributed by atoms with Crippen LogP contribution < -0.4 is 10.9 Å². The van der Waals surface area contributed by atoms with Gasteiger partial charge in [0.15, 0.2) is 11.2 Å². The predicted molar refractivity (Wildman–Crippen MR) is 206 cm³/mol. The van der Waals surface area contributed by atoms with Gasteiger partial charge in [-0.05, 0) is 75.6 Å². The van der Waals surface area contributed by atoms with Gasteiger partial charge in [0.2, 0.25) is 0 Å². The van der Waals surface area contributed by atoms with Crippen molar-refractivity contribution in [1.82, 2.24) is 24.4 Å². The Bertz CT molecular complexity index is 2080. The van der Waals surface area contributed by atoms with Gasteiger partial charge in [-0.3, -0.25) is 18.7 Å². The average Bonchev–Trinajstić information content (AvgIpc) is 3.86. The van der Waals surface area contributed by atoms with Crippen LogP contribution in [0.2, 0.25) is 0 Å².